The first-order valence-electron chi connectivity index (χ1n) is 5.93. The van der Waals surface area contributed by atoms with Crippen LogP contribution in [0.5, 0.6) is 0 Å². The maximum absolute atomic E-state index is 13.5. The number of aromatic nitrogens is 1. The van der Waals surface area contributed by atoms with Crippen molar-refractivity contribution in [3.63, 3.8) is 0 Å². The Kier molecular flexibility index (Phi) is 2.94. The van der Waals surface area contributed by atoms with E-state index in [1.807, 2.05) is 0 Å². The summed E-state index contributed by atoms with van der Waals surface area (Å²) in [4.78, 5) is 39.5. The van der Waals surface area contributed by atoms with E-state index in [0.717, 1.165) is 11.0 Å². The van der Waals surface area contributed by atoms with Crippen LogP contribution in [0.4, 0.5) is 14.6 Å². The Morgan fingerprint density at radius 3 is 2.62 bits per heavy atom. The van der Waals surface area contributed by atoms with Crippen LogP contribution >= 0.6 is 11.6 Å². The third-order valence-electron chi connectivity index (χ3n) is 3.41. The molecule has 1 N–H and O–H groups in total. The first-order valence-corrected chi connectivity index (χ1v) is 6.31. The minimum atomic E-state index is -1.99. The lowest BCUT2D eigenvalue weighted by molar-refractivity contribution is -0.144. The molecule has 1 unspecified atom stereocenters. The van der Waals surface area contributed by atoms with Crippen LogP contribution in [0.1, 0.15) is 16.8 Å². The van der Waals surface area contributed by atoms with Crippen LogP contribution < -0.4 is 4.90 Å². The molecular weight excluding hydrogens is 310 g/mol. The summed E-state index contributed by atoms with van der Waals surface area (Å²) in [6.45, 7) is 0. The Bertz CT molecular complexity index is 696. The molecule has 0 radical (unpaired) electrons. The first kappa shape index (κ1) is 13.9. The predicted octanol–water partition coefficient (Wildman–Crippen LogP) is 1.21. The van der Waals surface area contributed by atoms with Gasteiger partial charge in [0, 0.05) is 6.42 Å². The van der Waals surface area contributed by atoms with Gasteiger partial charge < -0.3 is 5.11 Å². The molecule has 110 valence electrons. The fraction of sp³-hybridized carbons (Fsp3) is 0.333. The van der Waals surface area contributed by atoms with Gasteiger partial charge in [0.25, 0.3) is 5.91 Å². The number of halogens is 3. The summed E-state index contributed by atoms with van der Waals surface area (Å²) in [7, 11) is 0. The predicted molar refractivity (Wildman–Crippen MR) is 65.4 cm³/mol. The number of anilines is 1. The van der Waals surface area contributed by atoms with Crippen molar-refractivity contribution < 1.29 is 28.3 Å². The average molecular weight is 317 g/mol. The van der Waals surface area contributed by atoms with E-state index in [2.05, 4.69) is 4.98 Å². The van der Waals surface area contributed by atoms with E-state index >= 15 is 0 Å². The van der Waals surface area contributed by atoms with Gasteiger partial charge in [-0.1, -0.05) is 11.6 Å². The molecule has 1 aliphatic carbocycles. The maximum Gasteiger partial charge on any atom is 0.324 e. The number of hydrogen-bond acceptors (Lipinski definition) is 4. The molecule has 1 aliphatic heterocycles. The van der Waals surface area contributed by atoms with Gasteiger partial charge in [-0.25, -0.2) is 4.39 Å². The third-order valence-corrected chi connectivity index (χ3v) is 3.68. The second kappa shape index (κ2) is 4.45. The molecule has 1 saturated carbocycles. The Morgan fingerprint density at radius 1 is 1.48 bits per heavy atom. The molecule has 1 fully saturated rings. The molecule has 0 aromatic carbocycles. The van der Waals surface area contributed by atoms with Crippen LogP contribution in [0.2, 0.25) is 5.02 Å². The number of hydrogen-bond donors (Lipinski definition) is 1. The number of alkyl halides is 1. The van der Waals surface area contributed by atoms with Gasteiger partial charge in [-0.2, -0.15) is 9.37 Å². The Hall–Kier alpha value is -2.09. The second-order valence-electron chi connectivity index (χ2n) is 4.79. The maximum atomic E-state index is 13.5. The highest BCUT2D eigenvalue weighted by molar-refractivity contribution is 6.33. The molecule has 3 rings (SSSR count). The van der Waals surface area contributed by atoms with Gasteiger partial charge in [-0.15, -0.1) is 0 Å². The zero-order valence-corrected chi connectivity index (χ0v) is 11.0. The summed E-state index contributed by atoms with van der Waals surface area (Å²) in [5.41, 5.74) is -0.299. The van der Waals surface area contributed by atoms with Gasteiger partial charge >= 0.3 is 5.97 Å². The molecule has 6 nitrogen and oxygen atoms in total. The van der Waals surface area contributed by atoms with E-state index in [0.29, 0.717) is 0 Å². The van der Waals surface area contributed by atoms with Crippen molar-refractivity contribution in [3.05, 3.63) is 22.6 Å². The lowest BCUT2D eigenvalue weighted by Crippen LogP contribution is -2.50. The summed E-state index contributed by atoms with van der Waals surface area (Å²) in [5.74, 6) is -7.30. The molecule has 2 aliphatic rings. The number of ketones is 1. The highest BCUT2D eigenvalue weighted by Crippen LogP contribution is 2.40. The van der Waals surface area contributed by atoms with Gasteiger partial charge in [0.1, 0.15) is 12.0 Å². The van der Waals surface area contributed by atoms with Crippen molar-refractivity contribution in [2.75, 3.05) is 4.90 Å². The molecule has 0 saturated heterocycles. The van der Waals surface area contributed by atoms with Crippen molar-refractivity contribution in [3.8, 4) is 0 Å². The number of carboxylic acids is 1. The van der Waals surface area contributed by atoms with Gasteiger partial charge in [0.05, 0.1) is 16.6 Å². The van der Waals surface area contributed by atoms with Crippen LogP contribution in [-0.2, 0) is 9.59 Å². The smallest absolute Gasteiger partial charge is 0.324 e. The van der Waals surface area contributed by atoms with E-state index in [9.17, 15) is 23.2 Å². The van der Waals surface area contributed by atoms with Crippen molar-refractivity contribution in [2.45, 2.75) is 18.6 Å². The third kappa shape index (κ3) is 1.98. The van der Waals surface area contributed by atoms with Crippen LogP contribution in [0.25, 0.3) is 0 Å². The average Bonchev–Trinajstić information content (AvgIpc) is 3.09. The number of nitrogens with zero attached hydrogens (tertiary/aromatic N) is 2. The lowest BCUT2D eigenvalue weighted by Gasteiger charge is -2.30. The number of fused-ring (bicyclic) bond motifs is 1. The fourth-order valence-electron chi connectivity index (χ4n) is 2.29. The fourth-order valence-corrected chi connectivity index (χ4v) is 2.44. The lowest BCUT2D eigenvalue weighted by atomic mass is 9.92. The van der Waals surface area contributed by atoms with Crippen LogP contribution in [0.3, 0.4) is 0 Å². The van der Waals surface area contributed by atoms with Gasteiger partial charge in [-0.3, -0.25) is 19.3 Å². The summed E-state index contributed by atoms with van der Waals surface area (Å²) in [5, 5.41) is 8.55. The van der Waals surface area contributed by atoms with E-state index in [-0.39, 0.29) is 17.8 Å². The second-order valence-corrected chi connectivity index (χ2v) is 5.20. The van der Waals surface area contributed by atoms with Crippen LogP contribution in [0, 0.1) is 11.9 Å². The molecule has 1 aromatic rings. The number of carbonyl (C=O) groups excluding carboxylic acids is 2. The minimum Gasteiger partial charge on any atom is -0.480 e. The molecule has 0 spiro atoms. The number of Topliss-reactive ketones (excluding diaryl/α,β-unsaturated/α-hetero) is 1. The number of pyridine rings is 1. The topological polar surface area (TPSA) is 87.6 Å². The molecule has 0 bridgehead atoms. The van der Waals surface area contributed by atoms with Gasteiger partial charge in [0.15, 0.2) is 11.7 Å². The number of rotatable bonds is 2. The van der Waals surface area contributed by atoms with Gasteiger partial charge in [-0.05, 0) is 6.07 Å². The molecule has 2 heterocycles. The summed E-state index contributed by atoms with van der Waals surface area (Å²) in [6.07, 6.45) is -1.37. The number of carbonyl (C=O) groups is 3. The largest absolute Gasteiger partial charge is 0.480 e. The molecular formula is C12H7ClF2N2O4. The molecule has 9 heteroatoms. The molecule has 1 aromatic heterocycles. The molecule has 3 atom stereocenters. The Labute approximate surface area is 121 Å². The minimum absolute atomic E-state index is 0.0162. The monoisotopic (exact) mass is 316 g/mol. The number of amides is 1. The highest BCUT2D eigenvalue weighted by atomic mass is 35.5. The van der Waals surface area contributed by atoms with E-state index in [1.54, 1.807) is 0 Å². The van der Waals surface area contributed by atoms with E-state index < -0.39 is 46.8 Å². The number of carboxylic acid groups (broad SMARTS) is 1. The normalized spacial score (nSPS) is 27.6. The number of aliphatic carboxylic acids is 1. The van der Waals surface area contributed by atoms with E-state index in [1.165, 1.54) is 0 Å². The summed E-state index contributed by atoms with van der Waals surface area (Å²) < 4.78 is 26.7. The van der Waals surface area contributed by atoms with Crippen molar-refractivity contribution in [2.24, 2.45) is 5.92 Å². The SMILES string of the molecule is O=C(O)C1C(=O)c2cc(Cl)c(F)nc2N([C@@H]2C[C@@H]2F)C1=O. The highest BCUT2D eigenvalue weighted by Gasteiger charge is 2.54. The van der Waals surface area contributed by atoms with E-state index in [4.69, 9.17) is 16.7 Å². The molecule has 1 amide bonds. The zero-order chi connectivity index (χ0) is 15.5. The van der Waals surface area contributed by atoms with Gasteiger partial charge in [0.2, 0.25) is 5.95 Å². The molecule has 21 heavy (non-hydrogen) atoms. The quantitative estimate of drug-likeness (QED) is 0.654. The standard InChI is InChI=1S/C12H7ClF2N2O4/c13-4-1-3-8(18)7(12(20)21)11(19)17(6-2-5(6)14)10(3)16-9(4)15/h1,5-7H,2H2,(H,20,21)/t5-,6+,7?/m0/s1. The Balaban J connectivity index is 2.20. The summed E-state index contributed by atoms with van der Waals surface area (Å²) in [6, 6.07) is -0.0219. The van der Waals surface area contributed by atoms with Crippen LogP contribution in [-0.4, -0.2) is 40.0 Å². The van der Waals surface area contributed by atoms with Crippen molar-refractivity contribution >= 4 is 35.1 Å². The van der Waals surface area contributed by atoms with Crippen molar-refractivity contribution in [1.82, 2.24) is 4.98 Å². The zero-order valence-electron chi connectivity index (χ0n) is 10.2. The first-order chi connectivity index (χ1) is 9.82. The summed E-state index contributed by atoms with van der Waals surface area (Å²) >= 11 is 5.53. The van der Waals surface area contributed by atoms with Crippen molar-refractivity contribution in [1.29, 1.82) is 0 Å². The van der Waals surface area contributed by atoms with Crippen LogP contribution in [0.15, 0.2) is 6.07 Å². The Morgan fingerprint density at radius 2 is 2.10 bits per heavy atom.